The van der Waals surface area contributed by atoms with Gasteiger partial charge >= 0.3 is 0 Å². The van der Waals surface area contributed by atoms with Crippen LogP contribution < -0.4 is 5.43 Å². The van der Waals surface area contributed by atoms with Crippen LogP contribution in [0.2, 0.25) is 0 Å². The molecule has 0 amide bonds. The maximum absolute atomic E-state index is 11.1. The highest BCUT2D eigenvalue weighted by Gasteiger charge is 1.93. The Labute approximate surface area is 76.9 Å². The van der Waals surface area contributed by atoms with Gasteiger partial charge in [-0.3, -0.25) is 4.79 Å². The Hall–Kier alpha value is -1.75. The molecular formula is C11H10O2. The van der Waals surface area contributed by atoms with Crippen molar-refractivity contribution >= 4 is 0 Å². The van der Waals surface area contributed by atoms with Crippen LogP contribution in [0.4, 0.5) is 0 Å². The second kappa shape index (κ2) is 4.32. The molecule has 0 heterocycles. The van der Waals surface area contributed by atoms with Crippen molar-refractivity contribution in [1.82, 2.24) is 0 Å². The van der Waals surface area contributed by atoms with Gasteiger partial charge in [0.15, 0.2) is 5.75 Å². The van der Waals surface area contributed by atoms with E-state index in [1.54, 1.807) is 19.1 Å². The van der Waals surface area contributed by atoms with Crippen molar-refractivity contribution in [1.29, 1.82) is 0 Å². The SMILES string of the molecule is CC#CCc1cccc(O)c(=O)c1. The van der Waals surface area contributed by atoms with Crippen LogP contribution in [0.25, 0.3) is 0 Å². The summed E-state index contributed by atoms with van der Waals surface area (Å²) in [4.78, 5) is 11.1. The van der Waals surface area contributed by atoms with Crippen LogP contribution in [0, 0.1) is 11.8 Å². The van der Waals surface area contributed by atoms with E-state index in [0.29, 0.717) is 6.42 Å². The van der Waals surface area contributed by atoms with Gasteiger partial charge in [-0.2, -0.15) is 0 Å². The fourth-order valence-electron chi connectivity index (χ4n) is 0.936. The van der Waals surface area contributed by atoms with Crippen molar-refractivity contribution in [2.75, 3.05) is 0 Å². The van der Waals surface area contributed by atoms with E-state index < -0.39 is 0 Å². The molecule has 0 bridgehead atoms. The molecule has 0 saturated carbocycles. The summed E-state index contributed by atoms with van der Waals surface area (Å²) >= 11 is 0. The van der Waals surface area contributed by atoms with E-state index >= 15 is 0 Å². The molecule has 0 aliphatic heterocycles. The van der Waals surface area contributed by atoms with Gasteiger partial charge in [0.1, 0.15) is 0 Å². The molecule has 0 aliphatic rings. The van der Waals surface area contributed by atoms with Gasteiger partial charge in [-0.25, -0.2) is 0 Å². The fourth-order valence-corrected chi connectivity index (χ4v) is 0.936. The van der Waals surface area contributed by atoms with Crippen molar-refractivity contribution in [3.05, 3.63) is 40.1 Å². The molecular weight excluding hydrogens is 164 g/mol. The van der Waals surface area contributed by atoms with E-state index in [0.717, 1.165) is 5.56 Å². The molecule has 0 aromatic heterocycles. The third-order valence-corrected chi connectivity index (χ3v) is 1.60. The Morgan fingerprint density at radius 1 is 1.46 bits per heavy atom. The first kappa shape index (κ1) is 9.34. The predicted molar refractivity (Wildman–Crippen MR) is 51.5 cm³/mol. The van der Waals surface area contributed by atoms with Crippen LogP contribution >= 0.6 is 0 Å². The zero-order chi connectivity index (χ0) is 9.68. The van der Waals surface area contributed by atoms with Crippen LogP contribution in [0.15, 0.2) is 29.1 Å². The smallest absolute Gasteiger partial charge is 0.220 e. The van der Waals surface area contributed by atoms with E-state index in [-0.39, 0.29) is 11.2 Å². The monoisotopic (exact) mass is 174 g/mol. The Morgan fingerprint density at radius 2 is 2.23 bits per heavy atom. The van der Waals surface area contributed by atoms with E-state index in [4.69, 9.17) is 5.11 Å². The molecule has 13 heavy (non-hydrogen) atoms. The summed E-state index contributed by atoms with van der Waals surface area (Å²) in [6.45, 7) is 1.75. The fraction of sp³-hybridized carbons (Fsp3) is 0.182. The molecule has 2 nitrogen and oxygen atoms in total. The number of rotatable bonds is 1. The summed E-state index contributed by atoms with van der Waals surface area (Å²) in [6, 6.07) is 6.19. The summed E-state index contributed by atoms with van der Waals surface area (Å²) in [7, 11) is 0. The summed E-state index contributed by atoms with van der Waals surface area (Å²) in [5, 5.41) is 9.08. The molecule has 1 rings (SSSR count). The second-order valence-corrected chi connectivity index (χ2v) is 2.60. The molecule has 0 fully saturated rings. The van der Waals surface area contributed by atoms with Crippen molar-refractivity contribution in [2.45, 2.75) is 13.3 Å². The minimum atomic E-state index is -0.363. The lowest BCUT2D eigenvalue weighted by Crippen LogP contribution is -1.94. The average Bonchev–Trinajstić information content (AvgIpc) is 2.26. The second-order valence-electron chi connectivity index (χ2n) is 2.60. The Bertz CT molecular complexity index is 410. The van der Waals surface area contributed by atoms with E-state index in [1.807, 2.05) is 0 Å². The molecule has 1 N–H and O–H groups in total. The maximum Gasteiger partial charge on any atom is 0.220 e. The molecule has 66 valence electrons. The van der Waals surface area contributed by atoms with Crippen molar-refractivity contribution in [2.24, 2.45) is 0 Å². The van der Waals surface area contributed by atoms with E-state index in [2.05, 4.69) is 11.8 Å². The zero-order valence-corrected chi connectivity index (χ0v) is 7.37. The van der Waals surface area contributed by atoms with Gasteiger partial charge in [0.25, 0.3) is 0 Å². The minimum absolute atomic E-state index is 0.226. The van der Waals surface area contributed by atoms with E-state index in [1.165, 1.54) is 12.1 Å². The van der Waals surface area contributed by atoms with Crippen LogP contribution in [0.1, 0.15) is 12.5 Å². The lowest BCUT2D eigenvalue weighted by molar-refractivity contribution is 0.471. The largest absolute Gasteiger partial charge is 0.504 e. The lowest BCUT2D eigenvalue weighted by atomic mass is 10.2. The highest BCUT2D eigenvalue weighted by Crippen LogP contribution is 2.00. The lowest BCUT2D eigenvalue weighted by Gasteiger charge is -1.85. The predicted octanol–water partition coefficient (Wildman–Crippen LogP) is 1.32. The average molecular weight is 174 g/mol. The quantitative estimate of drug-likeness (QED) is 0.652. The van der Waals surface area contributed by atoms with Gasteiger partial charge in [-0.15, -0.1) is 5.92 Å². The molecule has 1 aromatic rings. The molecule has 1 aromatic carbocycles. The number of hydrogen-bond donors (Lipinski definition) is 1. The van der Waals surface area contributed by atoms with Crippen LogP contribution in [0.5, 0.6) is 5.75 Å². The van der Waals surface area contributed by atoms with Gasteiger partial charge in [0, 0.05) is 6.42 Å². The molecule has 0 spiro atoms. The number of hydrogen-bond acceptors (Lipinski definition) is 2. The highest BCUT2D eigenvalue weighted by molar-refractivity contribution is 5.26. The Balaban J connectivity index is 3.11. The van der Waals surface area contributed by atoms with Crippen molar-refractivity contribution in [3.8, 4) is 17.6 Å². The molecule has 2 heteroatoms. The third kappa shape index (κ3) is 2.64. The Morgan fingerprint density at radius 3 is 2.92 bits per heavy atom. The summed E-state index contributed by atoms with van der Waals surface area (Å²) in [5.74, 6) is 5.37. The zero-order valence-electron chi connectivity index (χ0n) is 7.37. The van der Waals surface area contributed by atoms with Crippen LogP contribution in [-0.2, 0) is 6.42 Å². The highest BCUT2D eigenvalue weighted by atomic mass is 16.3. The minimum Gasteiger partial charge on any atom is -0.504 e. The summed E-state index contributed by atoms with van der Waals surface area (Å²) in [6.07, 6.45) is 0.542. The van der Waals surface area contributed by atoms with Crippen molar-refractivity contribution in [3.63, 3.8) is 0 Å². The molecule has 0 aliphatic carbocycles. The first-order chi connectivity index (χ1) is 6.24. The summed E-state index contributed by atoms with van der Waals surface area (Å²) < 4.78 is 0. The number of aromatic hydroxyl groups is 1. The van der Waals surface area contributed by atoms with Crippen LogP contribution in [0.3, 0.4) is 0 Å². The van der Waals surface area contributed by atoms with Crippen LogP contribution in [-0.4, -0.2) is 5.11 Å². The van der Waals surface area contributed by atoms with Gasteiger partial charge < -0.3 is 5.11 Å². The molecule has 0 unspecified atom stereocenters. The van der Waals surface area contributed by atoms with Crippen molar-refractivity contribution < 1.29 is 5.11 Å². The van der Waals surface area contributed by atoms with E-state index in [9.17, 15) is 4.79 Å². The third-order valence-electron chi connectivity index (χ3n) is 1.60. The first-order valence-electron chi connectivity index (χ1n) is 3.96. The standard InChI is InChI=1S/C11H10O2/c1-2-3-5-9-6-4-7-10(12)11(13)8-9/h4,6-8H,5H2,1H3,(H,12,13). The van der Waals surface area contributed by atoms with Gasteiger partial charge in [0.05, 0.1) is 0 Å². The summed E-state index contributed by atoms with van der Waals surface area (Å²) in [5.41, 5.74) is 0.456. The first-order valence-corrected chi connectivity index (χ1v) is 3.96. The van der Waals surface area contributed by atoms with Gasteiger partial charge in [-0.1, -0.05) is 18.1 Å². The van der Waals surface area contributed by atoms with Gasteiger partial charge in [-0.05, 0) is 24.6 Å². The molecule has 0 atom stereocenters. The topological polar surface area (TPSA) is 37.3 Å². The normalized spacial score (nSPS) is 8.69. The molecule has 0 radical (unpaired) electrons. The maximum atomic E-state index is 11.1. The Kier molecular flexibility index (Phi) is 3.10. The molecule has 0 saturated heterocycles. The van der Waals surface area contributed by atoms with Gasteiger partial charge in [0.2, 0.25) is 5.43 Å².